The highest BCUT2D eigenvalue weighted by atomic mass is 35.5. The van der Waals surface area contributed by atoms with Gasteiger partial charge in [-0.1, -0.05) is 52.2 Å². The van der Waals surface area contributed by atoms with Crippen molar-refractivity contribution in [2.45, 2.75) is 6.92 Å². The molecule has 1 amide bonds. The van der Waals surface area contributed by atoms with E-state index in [2.05, 4.69) is 10.3 Å². The van der Waals surface area contributed by atoms with Gasteiger partial charge in [-0.15, -0.1) is 0 Å². The lowest BCUT2D eigenvalue weighted by molar-refractivity contribution is 0.102. The minimum absolute atomic E-state index is 0.198. The number of rotatable bonds is 2. The van der Waals surface area contributed by atoms with Gasteiger partial charge in [0.25, 0.3) is 5.91 Å². The van der Waals surface area contributed by atoms with Crippen LogP contribution in [0, 0.1) is 6.92 Å². The molecule has 0 saturated carbocycles. The summed E-state index contributed by atoms with van der Waals surface area (Å²) < 4.78 is 0.840. The Bertz CT molecular complexity index is 828. The molecule has 1 N–H and O–H groups in total. The summed E-state index contributed by atoms with van der Waals surface area (Å²) in [4.78, 5) is 16.5. The maximum absolute atomic E-state index is 12.2. The van der Waals surface area contributed by atoms with Crippen molar-refractivity contribution in [3.05, 3.63) is 57.6 Å². The zero-order valence-corrected chi connectivity index (χ0v) is 13.3. The van der Waals surface area contributed by atoms with Gasteiger partial charge in [0.2, 0.25) is 0 Å². The Morgan fingerprint density at radius 2 is 1.90 bits per heavy atom. The fourth-order valence-corrected chi connectivity index (χ4v) is 3.47. The van der Waals surface area contributed by atoms with Gasteiger partial charge in [-0.25, -0.2) is 4.98 Å². The number of hydrogen-bond acceptors (Lipinski definition) is 3. The Morgan fingerprint density at radius 3 is 2.62 bits per heavy atom. The van der Waals surface area contributed by atoms with Crippen LogP contribution in [0.2, 0.25) is 10.0 Å². The highest BCUT2D eigenvalue weighted by Crippen LogP contribution is 2.33. The first-order chi connectivity index (χ1) is 10.0. The summed E-state index contributed by atoms with van der Waals surface area (Å²) in [7, 11) is 0. The number of halogens is 2. The van der Waals surface area contributed by atoms with Crippen molar-refractivity contribution < 1.29 is 4.79 Å². The van der Waals surface area contributed by atoms with Crippen molar-refractivity contribution in [3.63, 3.8) is 0 Å². The van der Waals surface area contributed by atoms with Gasteiger partial charge in [0.05, 0.1) is 9.72 Å². The number of carbonyl (C=O) groups excluding carboxylic acids is 1. The van der Waals surface area contributed by atoms with E-state index in [4.69, 9.17) is 23.2 Å². The van der Waals surface area contributed by atoms with Crippen molar-refractivity contribution >= 4 is 55.8 Å². The minimum Gasteiger partial charge on any atom is -0.298 e. The lowest BCUT2D eigenvalue weighted by Gasteiger charge is -2.01. The predicted molar refractivity (Wildman–Crippen MR) is 88.8 cm³/mol. The Balaban J connectivity index is 1.89. The number of fused-ring (bicyclic) bond motifs is 1. The van der Waals surface area contributed by atoms with Crippen molar-refractivity contribution in [1.29, 1.82) is 0 Å². The number of nitrogens with zero attached hydrogens (tertiary/aromatic N) is 1. The van der Waals surface area contributed by atoms with Crippen LogP contribution in [0.4, 0.5) is 5.13 Å². The van der Waals surface area contributed by atoms with Gasteiger partial charge in [-0.2, -0.15) is 0 Å². The highest BCUT2D eigenvalue weighted by Gasteiger charge is 2.12. The number of thiazole rings is 1. The molecule has 3 nitrogen and oxygen atoms in total. The summed E-state index contributed by atoms with van der Waals surface area (Å²) in [6.07, 6.45) is 0. The normalized spacial score (nSPS) is 10.8. The SMILES string of the molecule is Cc1ccc(C(=O)Nc2nc3c(Cl)cc(Cl)cc3s2)cc1. The van der Waals surface area contributed by atoms with Crippen molar-refractivity contribution in [2.24, 2.45) is 0 Å². The van der Waals surface area contributed by atoms with Crippen molar-refractivity contribution in [1.82, 2.24) is 4.98 Å². The molecular formula is C15H10Cl2N2OS. The molecule has 0 aliphatic rings. The number of hydrogen-bond donors (Lipinski definition) is 1. The molecule has 1 heterocycles. The molecule has 3 aromatic rings. The third-order valence-corrected chi connectivity index (χ3v) is 4.37. The number of nitrogens with one attached hydrogen (secondary N) is 1. The first-order valence-electron chi connectivity index (χ1n) is 6.16. The third-order valence-electron chi connectivity index (χ3n) is 2.95. The number of benzene rings is 2. The van der Waals surface area contributed by atoms with E-state index in [1.54, 1.807) is 24.3 Å². The molecule has 0 radical (unpaired) electrons. The second kappa shape index (κ2) is 5.64. The van der Waals surface area contributed by atoms with Crippen LogP contribution in [0.1, 0.15) is 15.9 Å². The Morgan fingerprint density at radius 1 is 1.19 bits per heavy atom. The first-order valence-corrected chi connectivity index (χ1v) is 7.74. The quantitative estimate of drug-likeness (QED) is 0.701. The van der Waals surface area contributed by atoms with Crippen LogP contribution in [0.5, 0.6) is 0 Å². The third kappa shape index (κ3) is 3.02. The predicted octanol–water partition coefficient (Wildman–Crippen LogP) is 5.16. The zero-order valence-electron chi connectivity index (χ0n) is 11.0. The van der Waals surface area contributed by atoms with Crippen LogP contribution in [0.25, 0.3) is 10.2 Å². The molecular weight excluding hydrogens is 327 g/mol. The second-order valence-corrected chi connectivity index (χ2v) is 6.45. The summed E-state index contributed by atoms with van der Waals surface area (Å²) in [6.45, 7) is 1.97. The summed E-state index contributed by atoms with van der Waals surface area (Å²) in [5.74, 6) is -0.198. The van der Waals surface area contributed by atoms with Gasteiger partial charge in [0, 0.05) is 10.6 Å². The Hall–Kier alpha value is -1.62. The van der Waals surface area contributed by atoms with Crippen molar-refractivity contribution in [2.75, 3.05) is 5.32 Å². The fraction of sp³-hybridized carbons (Fsp3) is 0.0667. The maximum atomic E-state index is 12.2. The van der Waals surface area contributed by atoms with Gasteiger partial charge in [0.1, 0.15) is 5.52 Å². The van der Waals surface area contributed by atoms with E-state index < -0.39 is 0 Å². The molecule has 0 fully saturated rings. The van der Waals surface area contributed by atoms with Crippen molar-refractivity contribution in [3.8, 4) is 0 Å². The standard InChI is InChI=1S/C15H10Cl2N2OS/c1-8-2-4-9(5-3-8)14(20)19-15-18-13-11(17)6-10(16)7-12(13)21-15/h2-7H,1H3,(H,18,19,20). The van der Waals surface area contributed by atoms with Crippen LogP contribution in [-0.2, 0) is 0 Å². The lowest BCUT2D eigenvalue weighted by atomic mass is 10.1. The molecule has 2 aromatic carbocycles. The second-order valence-electron chi connectivity index (χ2n) is 4.57. The van der Waals surface area contributed by atoms with Crippen LogP contribution < -0.4 is 5.32 Å². The summed E-state index contributed by atoms with van der Waals surface area (Å²) in [5.41, 5.74) is 2.34. The summed E-state index contributed by atoms with van der Waals surface area (Å²) in [5, 5.41) is 4.31. The van der Waals surface area contributed by atoms with E-state index in [-0.39, 0.29) is 5.91 Å². The smallest absolute Gasteiger partial charge is 0.257 e. The molecule has 3 rings (SSSR count). The highest BCUT2D eigenvalue weighted by molar-refractivity contribution is 7.22. The lowest BCUT2D eigenvalue weighted by Crippen LogP contribution is -2.11. The minimum atomic E-state index is -0.198. The molecule has 21 heavy (non-hydrogen) atoms. The van der Waals surface area contributed by atoms with E-state index in [0.717, 1.165) is 10.3 Å². The van der Waals surface area contributed by atoms with E-state index in [1.165, 1.54) is 11.3 Å². The van der Waals surface area contributed by atoms with Crippen LogP contribution in [0.15, 0.2) is 36.4 Å². The van der Waals surface area contributed by atoms with E-state index in [0.29, 0.717) is 26.3 Å². The zero-order chi connectivity index (χ0) is 15.0. The monoisotopic (exact) mass is 336 g/mol. The summed E-state index contributed by atoms with van der Waals surface area (Å²) in [6, 6.07) is 10.8. The largest absolute Gasteiger partial charge is 0.298 e. The van der Waals surface area contributed by atoms with Crippen LogP contribution >= 0.6 is 34.5 Å². The van der Waals surface area contributed by atoms with E-state index >= 15 is 0 Å². The molecule has 1 aromatic heterocycles. The van der Waals surface area contributed by atoms with Crippen LogP contribution in [-0.4, -0.2) is 10.9 Å². The van der Waals surface area contributed by atoms with Gasteiger partial charge in [-0.3, -0.25) is 10.1 Å². The fourth-order valence-electron chi connectivity index (χ4n) is 1.88. The Kier molecular flexibility index (Phi) is 3.85. The number of aryl methyl sites for hydroxylation is 1. The molecule has 0 aliphatic heterocycles. The van der Waals surface area contributed by atoms with Gasteiger partial charge < -0.3 is 0 Å². The van der Waals surface area contributed by atoms with Gasteiger partial charge in [-0.05, 0) is 31.2 Å². The molecule has 106 valence electrons. The van der Waals surface area contributed by atoms with Crippen LogP contribution in [0.3, 0.4) is 0 Å². The number of carbonyl (C=O) groups is 1. The van der Waals surface area contributed by atoms with Gasteiger partial charge in [0.15, 0.2) is 5.13 Å². The number of amides is 1. The summed E-state index contributed by atoms with van der Waals surface area (Å²) >= 11 is 13.4. The first kappa shape index (κ1) is 14.3. The molecule has 0 bridgehead atoms. The molecule has 0 atom stereocenters. The molecule has 6 heteroatoms. The topological polar surface area (TPSA) is 42.0 Å². The van der Waals surface area contributed by atoms with Gasteiger partial charge >= 0.3 is 0 Å². The molecule has 0 saturated heterocycles. The average molecular weight is 337 g/mol. The van der Waals surface area contributed by atoms with E-state index in [9.17, 15) is 4.79 Å². The number of aromatic nitrogens is 1. The molecule has 0 aliphatic carbocycles. The molecule has 0 spiro atoms. The average Bonchev–Trinajstić information content (AvgIpc) is 2.82. The van der Waals surface area contributed by atoms with E-state index in [1.807, 2.05) is 19.1 Å². The number of anilines is 1. The molecule has 0 unspecified atom stereocenters. The maximum Gasteiger partial charge on any atom is 0.257 e. The Labute approximate surface area is 135 Å².